The van der Waals surface area contributed by atoms with Crippen LogP contribution in [0.3, 0.4) is 0 Å². The summed E-state index contributed by atoms with van der Waals surface area (Å²) in [5, 5.41) is 12.0. The van der Waals surface area contributed by atoms with E-state index in [1.54, 1.807) is 35.2 Å². The largest absolute Gasteiger partial charge is 0.492 e. The maximum absolute atomic E-state index is 13.0. The zero-order valence-electron chi connectivity index (χ0n) is 18.5. The van der Waals surface area contributed by atoms with Gasteiger partial charge in [0.1, 0.15) is 11.4 Å². The number of halogens is 1. The number of carbonyl (C=O) groups is 1. The van der Waals surface area contributed by atoms with Crippen molar-refractivity contribution in [2.24, 2.45) is 0 Å². The molecule has 0 saturated carbocycles. The zero-order chi connectivity index (χ0) is 23.4. The standard InChI is InChI=1S/C23H27ClN4O5/c1-2-33-22-6-3-17(15-19(22)24)23(29)27-9-7-25(8-10-27)18-4-5-20(28(30)31)21(16-18)26-11-13-32-14-12-26/h3-6,15-16H,2,7-14H2,1H3. The van der Waals surface area contributed by atoms with E-state index in [2.05, 4.69) is 4.90 Å². The molecule has 2 aromatic rings. The normalized spacial score (nSPS) is 16.6. The first-order valence-electron chi connectivity index (χ1n) is 11.1. The van der Waals surface area contributed by atoms with E-state index >= 15 is 0 Å². The van der Waals surface area contributed by atoms with E-state index in [9.17, 15) is 14.9 Å². The molecule has 0 atom stereocenters. The molecule has 2 aliphatic heterocycles. The number of morpholine rings is 1. The van der Waals surface area contributed by atoms with Crippen molar-refractivity contribution in [1.29, 1.82) is 0 Å². The molecule has 2 aliphatic rings. The fraction of sp³-hybridized carbons (Fsp3) is 0.435. The Kier molecular flexibility index (Phi) is 7.20. The Labute approximate surface area is 197 Å². The van der Waals surface area contributed by atoms with Gasteiger partial charge >= 0.3 is 0 Å². The molecule has 2 aromatic carbocycles. The smallest absolute Gasteiger partial charge is 0.292 e. The lowest BCUT2D eigenvalue weighted by Crippen LogP contribution is -2.48. The summed E-state index contributed by atoms with van der Waals surface area (Å²) in [6.45, 7) is 7.10. The van der Waals surface area contributed by atoms with E-state index in [0.29, 0.717) is 81.1 Å². The number of piperazine rings is 1. The zero-order valence-corrected chi connectivity index (χ0v) is 19.3. The Morgan fingerprint density at radius 1 is 1.06 bits per heavy atom. The molecular formula is C23H27ClN4O5. The molecule has 0 spiro atoms. The van der Waals surface area contributed by atoms with Gasteiger partial charge in [-0.15, -0.1) is 0 Å². The number of carbonyl (C=O) groups excluding carboxylic acids is 1. The van der Waals surface area contributed by atoms with Crippen LogP contribution in [0.5, 0.6) is 5.75 Å². The molecule has 0 unspecified atom stereocenters. The number of nitro groups is 1. The predicted octanol–water partition coefficient (Wildman–Crippen LogP) is 3.45. The Bertz CT molecular complexity index is 1020. The molecule has 4 rings (SSSR count). The summed E-state index contributed by atoms with van der Waals surface area (Å²) in [6.07, 6.45) is 0. The van der Waals surface area contributed by atoms with Crippen LogP contribution in [-0.4, -0.2) is 74.8 Å². The van der Waals surface area contributed by atoms with E-state index in [1.807, 2.05) is 17.9 Å². The van der Waals surface area contributed by atoms with Gasteiger partial charge in [-0.05, 0) is 37.3 Å². The molecule has 0 aliphatic carbocycles. The average molecular weight is 475 g/mol. The Hall–Kier alpha value is -3.04. The van der Waals surface area contributed by atoms with Crippen LogP contribution in [0, 0.1) is 10.1 Å². The van der Waals surface area contributed by atoms with Crippen molar-refractivity contribution in [1.82, 2.24) is 4.90 Å². The maximum Gasteiger partial charge on any atom is 0.292 e. The lowest BCUT2D eigenvalue weighted by atomic mass is 10.1. The topological polar surface area (TPSA) is 88.4 Å². The van der Waals surface area contributed by atoms with Gasteiger partial charge < -0.3 is 24.2 Å². The number of rotatable bonds is 6. The van der Waals surface area contributed by atoms with Gasteiger partial charge in [-0.3, -0.25) is 14.9 Å². The molecule has 10 heteroatoms. The SMILES string of the molecule is CCOc1ccc(C(=O)N2CCN(c3ccc([N+](=O)[O-])c(N4CCOCC4)c3)CC2)cc1Cl. The van der Waals surface area contributed by atoms with Crippen LogP contribution in [0.1, 0.15) is 17.3 Å². The molecule has 176 valence electrons. The molecule has 0 radical (unpaired) electrons. The Morgan fingerprint density at radius 3 is 2.42 bits per heavy atom. The van der Waals surface area contributed by atoms with Crippen LogP contribution in [0.2, 0.25) is 5.02 Å². The monoisotopic (exact) mass is 474 g/mol. The molecule has 0 aromatic heterocycles. The molecule has 0 N–H and O–H groups in total. The number of anilines is 2. The highest BCUT2D eigenvalue weighted by Gasteiger charge is 2.26. The van der Waals surface area contributed by atoms with E-state index in [1.165, 1.54) is 0 Å². The van der Waals surface area contributed by atoms with Crippen LogP contribution >= 0.6 is 11.6 Å². The van der Waals surface area contributed by atoms with E-state index < -0.39 is 0 Å². The van der Waals surface area contributed by atoms with Gasteiger partial charge in [0.2, 0.25) is 0 Å². The lowest BCUT2D eigenvalue weighted by molar-refractivity contribution is -0.384. The van der Waals surface area contributed by atoms with Crippen molar-refractivity contribution < 1.29 is 19.2 Å². The number of nitro benzene ring substituents is 1. The van der Waals surface area contributed by atoms with Gasteiger partial charge in [0.15, 0.2) is 0 Å². The number of hydrogen-bond acceptors (Lipinski definition) is 7. The molecular weight excluding hydrogens is 448 g/mol. The second-order valence-electron chi connectivity index (χ2n) is 7.89. The minimum absolute atomic E-state index is 0.0719. The summed E-state index contributed by atoms with van der Waals surface area (Å²) in [7, 11) is 0. The summed E-state index contributed by atoms with van der Waals surface area (Å²) in [5.41, 5.74) is 2.16. The summed E-state index contributed by atoms with van der Waals surface area (Å²) in [5.74, 6) is 0.493. The van der Waals surface area contributed by atoms with Gasteiger partial charge in [0.05, 0.1) is 29.8 Å². The number of ether oxygens (including phenoxy) is 2. The van der Waals surface area contributed by atoms with Crippen LogP contribution in [0.15, 0.2) is 36.4 Å². The molecule has 1 amide bonds. The van der Waals surface area contributed by atoms with Crippen molar-refractivity contribution in [2.75, 3.05) is 68.9 Å². The summed E-state index contributed by atoms with van der Waals surface area (Å²) >= 11 is 6.24. The highest BCUT2D eigenvalue weighted by atomic mass is 35.5. The number of amides is 1. The third kappa shape index (κ3) is 5.15. The van der Waals surface area contributed by atoms with Gasteiger partial charge in [-0.25, -0.2) is 0 Å². The maximum atomic E-state index is 13.0. The van der Waals surface area contributed by atoms with Crippen molar-refractivity contribution in [3.8, 4) is 5.75 Å². The first-order valence-corrected chi connectivity index (χ1v) is 11.4. The van der Waals surface area contributed by atoms with Crippen molar-refractivity contribution in [3.05, 3.63) is 57.1 Å². The summed E-state index contributed by atoms with van der Waals surface area (Å²) < 4.78 is 10.8. The number of hydrogen-bond donors (Lipinski definition) is 0. The molecule has 33 heavy (non-hydrogen) atoms. The minimum atomic E-state index is -0.340. The highest BCUT2D eigenvalue weighted by molar-refractivity contribution is 6.32. The van der Waals surface area contributed by atoms with E-state index in [-0.39, 0.29) is 16.5 Å². The third-order valence-corrected chi connectivity index (χ3v) is 6.21. The predicted molar refractivity (Wildman–Crippen MR) is 127 cm³/mol. The molecule has 9 nitrogen and oxygen atoms in total. The van der Waals surface area contributed by atoms with Gasteiger partial charge in [-0.1, -0.05) is 11.6 Å². The van der Waals surface area contributed by atoms with Crippen molar-refractivity contribution >= 4 is 34.6 Å². The molecule has 2 saturated heterocycles. The second kappa shape index (κ2) is 10.3. The van der Waals surface area contributed by atoms with Gasteiger partial charge in [-0.2, -0.15) is 0 Å². The summed E-state index contributed by atoms with van der Waals surface area (Å²) in [6, 6.07) is 10.3. The van der Waals surface area contributed by atoms with Crippen LogP contribution < -0.4 is 14.5 Å². The van der Waals surface area contributed by atoms with Gasteiger partial charge in [0.25, 0.3) is 11.6 Å². The Balaban J connectivity index is 1.44. The van der Waals surface area contributed by atoms with Gasteiger partial charge in [0, 0.05) is 56.6 Å². The van der Waals surface area contributed by atoms with Crippen LogP contribution in [0.4, 0.5) is 17.1 Å². The quantitative estimate of drug-likeness (QED) is 0.468. The van der Waals surface area contributed by atoms with E-state index in [0.717, 1.165) is 5.69 Å². The van der Waals surface area contributed by atoms with Crippen molar-refractivity contribution in [2.45, 2.75) is 6.92 Å². The molecule has 0 bridgehead atoms. The van der Waals surface area contributed by atoms with Crippen LogP contribution in [0.25, 0.3) is 0 Å². The lowest BCUT2D eigenvalue weighted by Gasteiger charge is -2.37. The third-order valence-electron chi connectivity index (χ3n) is 5.92. The Morgan fingerprint density at radius 2 is 1.79 bits per heavy atom. The second-order valence-corrected chi connectivity index (χ2v) is 8.29. The first-order chi connectivity index (χ1) is 16.0. The number of nitrogens with zero attached hydrogens (tertiary/aromatic N) is 4. The first kappa shape index (κ1) is 23.1. The average Bonchev–Trinajstić information content (AvgIpc) is 2.85. The minimum Gasteiger partial charge on any atom is -0.492 e. The number of benzene rings is 2. The highest BCUT2D eigenvalue weighted by Crippen LogP contribution is 2.34. The fourth-order valence-corrected chi connectivity index (χ4v) is 4.41. The fourth-order valence-electron chi connectivity index (χ4n) is 4.18. The van der Waals surface area contributed by atoms with Crippen LogP contribution in [-0.2, 0) is 4.74 Å². The van der Waals surface area contributed by atoms with E-state index in [4.69, 9.17) is 21.1 Å². The van der Waals surface area contributed by atoms with Crippen molar-refractivity contribution in [3.63, 3.8) is 0 Å². The molecule has 2 fully saturated rings. The summed E-state index contributed by atoms with van der Waals surface area (Å²) in [4.78, 5) is 30.1. The molecule has 2 heterocycles.